The summed E-state index contributed by atoms with van der Waals surface area (Å²) in [7, 11) is 0. The maximum absolute atomic E-state index is 10.4. The van der Waals surface area contributed by atoms with E-state index in [1.807, 2.05) is 0 Å². The number of allylic oxidation sites excluding steroid dienone is 1. The molecule has 104 valence electrons. The van der Waals surface area contributed by atoms with Gasteiger partial charge in [0, 0.05) is 0 Å². The van der Waals surface area contributed by atoms with Crippen molar-refractivity contribution in [2.75, 3.05) is 0 Å². The summed E-state index contributed by atoms with van der Waals surface area (Å²) in [5, 5.41) is 10.4. The third-order valence-corrected chi connectivity index (χ3v) is 4.83. The minimum absolute atomic E-state index is 0.134. The van der Waals surface area contributed by atoms with Crippen molar-refractivity contribution in [3.05, 3.63) is 11.6 Å². The van der Waals surface area contributed by atoms with Gasteiger partial charge in [-0.3, -0.25) is 0 Å². The lowest BCUT2D eigenvalue weighted by atomic mass is 9.84. The van der Waals surface area contributed by atoms with Crippen molar-refractivity contribution in [1.82, 2.24) is 0 Å². The first-order valence-electron chi connectivity index (χ1n) is 8.23. The molecule has 0 aliphatic heterocycles. The highest BCUT2D eigenvalue weighted by atomic mass is 16.3. The minimum atomic E-state index is -0.134. The van der Waals surface area contributed by atoms with Crippen LogP contribution in [-0.4, -0.2) is 11.2 Å². The maximum atomic E-state index is 10.4. The molecule has 0 aromatic rings. The summed E-state index contributed by atoms with van der Waals surface area (Å²) < 4.78 is 0. The molecule has 0 spiro atoms. The van der Waals surface area contributed by atoms with Crippen molar-refractivity contribution in [3.63, 3.8) is 0 Å². The van der Waals surface area contributed by atoms with Gasteiger partial charge in [0.25, 0.3) is 0 Å². The molecule has 0 radical (unpaired) electrons. The van der Waals surface area contributed by atoms with E-state index < -0.39 is 0 Å². The lowest BCUT2D eigenvalue weighted by molar-refractivity contribution is 0.176. The molecular weight excluding hydrogens is 220 g/mol. The van der Waals surface area contributed by atoms with E-state index in [1.165, 1.54) is 76.2 Å². The number of aliphatic hydroxyl groups excluding tert-OH is 1. The monoisotopic (exact) mass is 250 g/mol. The zero-order chi connectivity index (χ0) is 12.6. The SMILES string of the molecule is OC(CCC1CCCCC1)C1=CCCCCCC1. The highest BCUT2D eigenvalue weighted by Crippen LogP contribution is 2.29. The average Bonchev–Trinajstić information content (AvgIpc) is 2.37. The van der Waals surface area contributed by atoms with E-state index in [1.54, 1.807) is 0 Å². The molecule has 1 unspecified atom stereocenters. The zero-order valence-corrected chi connectivity index (χ0v) is 11.9. The Morgan fingerprint density at radius 3 is 2.56 bits per heavy atom. The minimum Gasteiger partial charge on any atom is -0.389 e. The number of hydrogen-bond donors (Lipinski definition) is 1. The van der Waals surface area contributed by atoms with Crippen molar-refractivity contribution in [2.45, 2.75) is 89.6 Å². The Morgan fingerprint density at radius 2 is 1.72 bits per heavy atom. The summed E-state index contributed by atoms with van der Waals surface area (Å²) >= 11 is 0. The van der Waals surface area contributed by atoms with E-state index in [4.69, 9.17) is 0 Å². The third kappa shape index (κ3) is 4.76. The summed E-state index contributed by atoms with van der Waals surface area (Å²) in [5.74, 6) is 0.905. The molecule has 1 N–H and O–H groups in total. The van der Waals surface area contributed by atoms with Crippen molar-refractivity contribution in [3.8, 4) is 0 Å². The second-order valence-corrected chi connectivity index (χ2v) is 6.33. The van der Waals surface area contributed by atoms with E-state index >= 15 is 0 Å². The molecule has 0 aromatic heterocycles. The normalized spacial score (nSPS) is 25.1. The first-order valence-corrected chi connectivity index (χ1v) is 8.23. The van der Waals surface area contributed by atoms with E-state index in [0.717, 1.165) is 18.8 Å². The van der Waals surface area contributed by atoms with Crippen LogP contribution in [0.25, 0.3) is 0 Å². The van der Waals surface area contributed by atoms with Crippen LogP contribution in [0.4, 0.5) is 0 Å². The Kier molecular flexibility index (Phi) is 6.26. The van der Waals surface area contributed by atoms with Gasteiger partial charge in [0.2, 0.25) is 0 Å². The van der Waals surface area contributed by atoms with Gasteiger partial charge in [-0.25, -0.2) is 0 Å². The summed E-state index contributed by atoms with van der Waals surface area (Å²) in [5.41, 5.74) is 1.35. The van der Waals surface area contributed by atoms with Crippen LogP contribution in [0.3, 0.4) is 0 Å². The second-order valence-electron chi connectivity index (χ2n) is 6.33. The standard InChI is InChI=1S/C17H30O/c18-17(14-13-15-9-5-4-6-10-15)16-11-7-2-1-3-8-12-16/h11,15,17-18H,1-10,12-14H2. The number of hydrogen-bond acceptors (Lipinski definition) is 1. The third-order valence-electron chi connectivity index (χ3n) is 4.83. The van der Waals surface area contributed by atoms with Gasteiger partial charge in [-0.2, -0.15) is 0 Å². The van der Waals surface area contributed by atoms with Gasteiger partial charge in [0.05, 0.1) is 6.10 Å². The highest BCUT2D eigenvalue weighted by molar-refractivity contribution is 5.08. The van der Waals surface area contributed by atoms with Crippen LogP contribution in [0, 0.1) is 5.92 Å². The molecule has 0 saturated heterocycles. The first kappa shape index (κ1) is 14.1. The van der Waals surface area contributed by atoms with Crippen LogP contribution in [-0.2, 0) is 0 Å². The van der Waals surface area contributed by atoms with E-state index in [9.17, 15) is 5.11 Å². The topological polar surface area (TPSA) is 20.2 Å². The number of rotatable bonds is 4. The van der Waals surface area contributed by atoms with Crippen molar-refractivity contribution < 1.29 is 5.11 Å². The molecular formula is C17H30O. The molecule has 1 nitrogen and oxygen atoms in total. The molecule has 1 saturated carbocycles. The van der Waals surface area contributed by atoms with E-state index in [0.29, 0.717) is 0 Å². The molecule has 2 aliphatic carbocycles. The van der Waals surface area contributed by atoms with Gasteiger partial charge >= 0.3 is 0 Å². The van der Waals surface area contributed by atoms with E-state index in [-0.39, 0.29) is 6.10 Å². The van der Waals surface area contributed by atoms with Crippen LogP contribution in [0.2, 0.25) is 0 Å². The summed E-state index contributed by atoms with van der Waals surface area (Å²) in [6.07, 6.45) is 19.2. The lowest BCUT2D eigenvalue weighted by Gasteiger charge is -2.24. The zero-order valence-electron chi connectivity index (χ0n) is 11.9. The Bertz CT molecular complexity index is 250. The van der Waals surface area contributed by atoms with Crippen LogP contribution in [0.5, 0.6) is 0 Å². The largest absolute Gasteiger partial charge is 0.389 e. The first-order chi connectivity index (χ1) is 8.86. The fraction of sp³-hybridized carbons (Fsp3) is 0.882. The van der Waals surface area contributed by atoms with Crippen molar-refractivity contribution in [1.29, 1.82) is 0 Å². The van der Waals surface area contributed by atoms with Gasteiger partial charge in [-0.15, -0.1) is 0 Å². The lowest BCUT2D eigenvalue weighted by Crippen LogP contribution is -2.15. The number of aliphatic hydroxyl groups is 1. The van der Waals surface area contributed by atoms with Crippen LogP contribution in [0.15, 0.2) is 11.6 Å². The predicted molar refractivity (Wildman–Crippen MR) is 77.6 cm³/mol. The molecule has 0 bridgehead atoms. The molecule has 1 heteroatoms. The summed E-state index contributed by atoms with van der Waals surface area (Å²) in [4.78, 5) is 0. The predicted octanol–water partition coefficient (Wildman–Crippen LogP) is 4.99. The van der Waals surface area contributed by atoms with Gasteiger partial charge in [-0.1, -0.05) is 51.0 Å². The highest BCUT2D eigenvalue weighted by Gasteiger charge is 2.17. The molecule has 2 rings (SSSR count). The van der Waals surface area contributed by atoms with Crippen molar-refractivity contribution in [2.24, 2.45) is 5.92 Å². The van der Waals surface area contributed by atoms with Gasteiger partial charge in [0.1, 0.15) is 0 Å². The molecule has 0 aromatic carbocycles. The summed E-state index contributed by atoms with van der Waals surface area (Å²) in [6.45, 7) is 0. The molecule has 1 atom stereocenters. The smallest absolute Gasteiger partial charge is 0.0750 e. The Balaban J connectivity index is 1.73. The Morgan fingerprint density at radius 1 is 1.00 bits per heavy atom. The fourth-order valence-electron chi connectivity index (χ4n) is 3.57. The van der Waals surface area contributed by atoms with Gasteiger partial charge in [0.15, 0.2) is 0 Å². The molecule has 1 fully saturated rings. The molecule has 2 aliphatic rings. The molecule has 0 amide bonds. The van der Waals surface area contributed by atoms with Gasteiger partial charge < -0.3 is 5.11 Å². The fourth-order valence-corrected chi connectivity index (χ4v) is 3.57. The second kappa shape index (κ2) is 7.99. The van der Waals surface area contributed by atoms with Gasteiger partial charge in [-0.05, 0) is 50.0 Å². The maximum Gasteiger partial charge on any atom is 0.0750 e. The van der Waals surface area contributed by atoms with E-state index in [2.05, 4.69) is 6.08 Å². The Labute approximate surface area is 113 Å². The molecule has 0 heterocycles. The Hall–Kier alpha value is -0.300. The van der Waals surface area contributed by atoms with Crippen molar-refractivity contribution >= 4 is 0 Å². The summed E-state index contributed by atoms with van der Waals surface area (Å²) in [6, 6.07) is 0. The van der Waals surface area contributed by atoms with Crippen LogP contribution >= 0.6 is 0 Å². The van der Waals surface area contributed by atoms with Crippen LogP contribution < -0.4 is 0 Å². The quantitative estimate of drug-likeness (QED) is 0.697. The average molecular weight is 250 g/mol. The molecule has 18 heavy (non-hydrogen) atoms. The van der Waals surface area contributed by atoms with Crippen LogP contribution in [0.1, 0.15) is 83.5 Å².